The number of piperazine rings is 1. The van der Waals surface area contributed by atoms with Gasteiger partial charge in [-0.2, -0.15) is 0 Å². The number of likely N-dealkylation sites (N-methyl/N-ethyl adjacent to an activating group) is 1. The van der Waals surface area contributed by atoms with Crippen molar-refractivity contribution < 1.29 is 4.79 Å². The molecule has 1 atom stereocenters. The van der Waals surface area contributed by atoms with Gasteiger partial charge < -0.3 is 4.90 Å². The van der Waals surface area contributed by atoms with Gasteiger partial charge in [0.1, 0.15) is 5.54 Å². The minimum atomic E-state index is -0.350. The Balaban J connectivity index is 1.51. The standard InChI is InChI=1S/C21H25N3O/c1-22-16-21(20(22)25)17-23(14-18-8-4-2-5-9-18)12-13-24(21)15-19-10-6-3-7-11-19/h2-11H,12-17H2,1H3/t21-/m1/s1. The van der Waals surface area contributed by atoms with Crippen LogP contribution >= 0.6 is 0 Å². The highest BCUT2D eigenvalue weighted by Gasteiger charge is 2.56. The maximum atomic E-state index is 12.8. The molecule has 0 saturated carbocycles. The minimum absolute atomic E-state index is 0.265. The molecule has 2 aliphatic rings. The van der Waals surface area contributed by atoms with Crippen molar-refractivity contribution in [2.45, 2.75) is 18.6 Å². The number of likely N-dealkylation sites (tertiary alicyclic amines) is 1. The lowest BCUT2D eigenvalue weighted by Crippen LogP contribution is -2.78. The summed E-state index contributed by atoms with van der Waals surface area (Å²) in [7, 11) is 1.91. The van der Waals surface area contributed by atoms with Crippen LogP contribution in [0.2, 0.25) is 0 Å². The molecule has 2 fully saturated rings. The summed E-state index contributed by atoms with van der Waals surface area (Å²) in [6.45, 7) is 5.34. The molecule has 0 radical (unpaired) electrons. The van der Waals surface area contributed by atoms with Gasteiger partial charge in [-0.05, 0) is 11.1 Å². The molecule has 2 aromatic rings. The van der Waals surface area contributed by atoms with Crippen LogP contribution in [0.1, 0.15) is 11.1 Å². The second-order valence-corrected chi connectivity index (χ2v) is 7.30. The number of β-lactam (4-membered cyclic amide) rings is 1. The number of rotatable bonds is 4. The molecule has 2 heterocycles. The molecule has 2 saturated heterocycles. The highest BCUT2D eigenvalue weighted by Crippen LogP contribution is 2.34. The zero-order valence-corrected chi connectivity index (χ0v) is 14.8. The first kappa shape index (κ1) is 16.3. The molecular formula is C21H25N3O. The van der Waals surface area contributed by atoms with Gasteiger partial charge in [-0.25, -0.2) is 0 Å². The van der Waals surface area contributed by atoms with Crippen molar-refractivity contribution in [2.24, 2.45) is 0 Å². The van der Waals surface area contributed by atoms with Crippen LogP contribution in [-0.2, 0) is 17.9 Å². The van der Waals surface area contributed by atoms with Crippen LogP contribution in [0.3, 0.4) is 0 Å². The molecule has 0 aromatic heterocycles. The molecule has 4 rings (SSSR count). The van der Waals surface area contributed by atoms with E-state index in [4.69, 9.17) is 0 Å². The summed E-state index contributed by atoms with van der Waals surface area (Å²) in [4.78, 5) is 19.5. The fourth-order valence-electron chi connectivity index (χ4n) is 4.18. The number of carbonyl (C=O) groups is 1. The Morgan fingerprint density at radius 1 is 0.840 bits per heavy atom. The van der Waals surface area contributed by atoms with E-state index in [1.165, 1.54) is 11.1 Å². The van der Waals surface area contributed by atoms with E-state index in [2.05, 4.69) is 58.3 Å². The first-order valence-electron chi connectivity index (χ1n) is 8.98. The van der Waals surface area contributed by atoms with Gasteiger partial charge in [0.15, 0.2) is 0 Å². The van der Waals surface area contributed by atoms with E-state index in [1.54, 1.807) is 0 Å². The molecule has 1 spiro atoms. The Kier molecular flexibility index (Phi) is 4.32. The Labute approximate surface area is 149 Å². The largest absolute Gasteiger partial charge is 0.342 e. The summed E-state index contributed by atoms with van der Waals surface area (Å²) < 4.78 is 0. The first-order chi connectivity index (χ1) is 12.2. The zero-order chi connectivity index (χ0) is 17.3. The van der Waals surface area contributed by atoms with Crippen LogP contribution in [0.5, 0.6) is 0 Å². The first-order valence-corrected chi connectivity index (χ1v) is 8.98. The van der Waals surface area contributed by atoms with Crippen molar-refractivity contribution in [3.63, 3.8) is 0 Å². The van der Waals surface area contributed by atoms with Crippen molar-refractivity contribution in [1.29, 1.82) is 0 Å². The molecule has 130 valence electrons. The quantitative estimate of drug-likeness (QED) is 0.802. The van der Waals surface area contributed by atoms with Gasteiger partial charge in [-0.1, -0.05) is 60.7 Å². The van der Waals surface area contributed by atoms with Gasteiger partial charge in [0.2, 0.25) is 5.91 Å². The molecule has 0 bridgehead atoms. The monoisotopic (exact) mass is 335 g/mol. The molecule has 4 heteroatoms. The molecule has 2 aliphatic heterocycles. The van der Waals surface area contributed by atoms with Crippen LogP contribution in [0, 0.1) is 0 Å². The maximum Gasteiger partial charge on any atom is 0.246 e. The van der Waals surface area contributed by atoms with E-state index in [0.717, 1.165) is 39.3 Å². The van der Waals surface area contributed by atoms with Crippen LogP contribution < -0.4 is 0 Å². The van der Waals surface area contributed by atoms with Gasteiger partial charge in [-0.15, -0.1) is 0 Å². The molecular weight excluding hydrogens is 310 g/mol. The van der Waals surface area contributed by atoms with Crippen LogP contribution in [-0.4, -0.2) is 59.4 Å². The van der Waals surface area contributed by atoms with Gasteiger partial charge >= 0.3 is 0 Å². The zero-order valence-electron chi connectivity index (χ0n) is 14.8. The van der Waals surface area contributed by atoms with E-state index in [-0.39, 0.29) is 11.4 Å². The predicted octanol–water partition coefficient (Wildman–Crippen LogP) is 2.22. The fourth-order valence-corrected chi connectivity index (χ4v) is 4.18. The summed E-state index contributed by atoms with van der Waals surface area (Å²) in [5.74, 6) is 0.265. The van der Waals surface area contributed by atoms with Crippen LogP contribution in [0.15, 0.2) is 60.7 Å². The lowest BCUT2D eigenvalue weighted by Gasteiger charge is -2.57. The number of hydrogen-bond acceptors (Lipinski definition) is 3. The highest BCUT2D eigenvalue weighted by molar-refractivity contribution is 5.93. The van der Waals surface area contributed by atoms with Crippen LogP contribution in [0.4, 0.5) is 0 Å². The van der Waals surface area contributed by atoms with E-state index in [0.29, 0.717) is 0 Å². The van der Waals surface area contributed by atoms with Crippen molar-refractivity contribution in [1.82, 2.24) is 14.7 Å². The average Bonchev–Trinajstić information content (AvgIpc) is 2.65. The lowest BCUT2D eigenvalue weighted by atomic mass is 9.83. The Bertz CT molecular complexity index is 733. The summed E-state index contributed by atoms with van der Waals surface area (Å²) >= 11 is 0. The molecule has 4 nitrogen and oxygen atoms in total. The summed E-state index contributed by atoms with van der Waals surface area (Å²) in [6, 6.07) is 21.0. The normalized spacial score (nSPS) is 24.5. The molecule has 0 aliphatic carbocycles. The summed E-state index contributed by atoms with van der Waals surface area (Å²) in [6.07, 6.45) is 0. The Morgan fingerprint density at radius 2 is 1.44 bits per heavy atom. The number of benzene rings is 2. The summed E-state index contributed by atoms with van der Waals surface area (Å²) in [5, 5.41) is 0. The Hall–Kier alpha value is -2.17. The van der Waals surface area contributed by atoms with Gasteiger partial charge in [-0.3, -0.25) is 14.6 Å². The van der Waals surface area contributed by atoms with E-state index in [9.17, 15) is 4.79 Å². The van der Waals surface area contributed by atoms with Crippen molar-refractivity contribution in [2.75, 3.05) is 33.2 Å². The molecule has 0 unspecified atom stereocenters. The van der Waals surface area contributed by atoms with Gasteiger partial charge in [0.25, 0.3) is 0 Å². The lowest BCUT2D eigenvalue weighted by molar-refractivity contribution is -0.171. The van der Waals surface area contributed by atoms with Crippen molar-refractivity contribution in [3.05, 3.63) is 71.8 Å². The SMILES string of the molecule is CN1C[C@@]2(CN(Cc3ccccc3)CCN2Cc2ccccc2)C1=O. The number of carbonyl (C=O) groups excluding carboxylic acids is 1. The molecule has 1 amide bonds. The number of amides is 1. The topological polar surface area (TPSA) is 26.8 Å². The number of hydrogen-bond donors (Lipinski definition) is 0. The van der Waals surface area contributed by atoms with Crippen molar-refractivity contribution in [3.8, 4) is 0 Å². The Morgan fingerprint density at radius 3 is 2.00 bits per heavy atom. The van der Waals surface area contributed by atoms with E-state index < -0.39 is 0 Å². The highest BCUT2D eigenvalue weighted by atomic mass is 16.2. The second-order valence-electron chi connectivity index (χ2n) is 7.30. The maximum absolute atomic E-state index is 12.8. The minimum Gasteiger partial charge on any atom is -0.342 e. The van der Waals surface area contributed by atoms with Gasteiger partial charge in [0, 0.05) is 46.3 Å². The average molecular weight is 335 g/mol. The smallest absolute Gasteiger partial charge is 0.246 e. The second kappa shape index (κ2) is 6.62. The molecule has 2 aromatic carbocycles. The molecule has 0 N–H and O–H groups in total. The third-order valence-electron chi connectivity index (χ3n) is 5.49. The third-order valence-corrected chi connectivity index (χ3v) is 5.49. The van der Waals surface area contributed by atoms with Crippen LogP contribution in [0.25, 0.3) is 0 Å². The predicted molar refractivity (Wildman–Crippen MR) is 98.9 cm³/mol. The fraction of sp³-hybridized carbons (Fsp3) is 0.381. The third kappa shape index (κ3) is 3.08. The summed E-state index contributed by atoms with van der Waals surface area (Å²) in [5.41, 5.74) is 2.24. The van der Waals surface area contributed by atoms with Gasteiger partial charge in [0.05, 0.1) is 0 Å². The van der Waals surface area contributed by atoms with Crippen molar-refractivity contribution >= 4 is 5.91 Å². The molecule has 25 heavy (non-hydrogen) atoms. The van der Waals surface area contributed by atoms with E-state index >= 15 is 0 Å². The van der Waals surface area contributed by atoms with E-state index in [1.807, 2.05) is 24.1 Å². The number of nitrogens with zero attached hydrogens (tertiary/aromatic N) is 3.